The van der Waals surface area contributed by atoms with Crippen molar-refractivity contribution in [2.24, 2.45) is 0 Å². The minimum absolute atomic E-state index is 0.191. The lowest BCUT2D eigenvalue weighted by Crippen LogP contribution is -2.46. The molecule has 0 N–H and O–H groups in total. The van der Waals surface area contributed by atoms with Crippen LogP contribution in [0.15, 0.2) is 22.7 Å². The summed E-state index contributed by atoms with van der Waals surface area (Å²) >= 11 is 0. The summed E-state index contributed by atoms with van der Waals surface area (Å²) in [6.45, 7) is 4.20. The van der Waals surface area contributed by atoms with Crippen LogP contribution < -0.4 is 4.90 Å². The van der Waals surface area contributed by atoms with E-state index in [1.807, 2.05) is 4.90 Å². The highest BCUT2D eigenvalue weighted by Crippen LogP contribution is 2.36. The summed E-state index contributed by atoms with van der Waals surface area (Å²) in [4.78, 5) is 18.3. The van der Waals surface area contributed by atoms with Crippen LogP contribution in [0.3, 0.4) is 0 Å². The third kappa shape index (κ3) is 3.93. The Morgan fingerprint density at radius 1 is 1.27 bits per heavy atom. The zero-order valence-corrected chi connectivity index (χ0v) is 13.9. The number of nitro groups is 1. The molecule has 140 valence electrons. The number of halogens is 3. The molecular formula is C15H16F3N5O3. The van der Waals surface area contributed by atoms with Crippen molar-refractivity contribution in [3.8, 4) is 0 Å². The van der Waals surface area contributed by atoms with Crippen LogP contribution >= 0.6 is 0 Å². The maximum Gasteiger partial charge on any atom is 0.416 e. The van der Waals surface area contributed by atoms with Gasteiger partial charge in [0.1, 0.15) is 5.69 Å². The fourth-order valence-corrected chi connectivity index (χ4v) is 2.86. The average molecular weight is 371 g/mol. The fourth-order valence-electron chi connectivity index (χ4n) is 2.86. The van der Waals surface area contributed by atoms with Gasteiger partial charge >= 0.3 is 6.18 Å². The summed E-state index contributed by atoms with van der Waals surface area (Å²) in [5.74, 6) is 1.02. The molecule has 0 unspecified atom stereocenters. The number of aryl methyl sites for hydroxylation is 1. The second kappa shape index (κ2) is 6.90. The van der Waals surface area contributed by atoms with E-state index in [0.29, 0.717) is 50.5 Å². The molecule has 1 aliphatic rings. The lowest BCUT2D eigenvalue weighted by molar-refractivity contribution is -0.384. The number of piperazine rings is 1. The predicted octanol–water partition coefficient (Wildman–Crippen LogP) is 2.63. The minimum Gasteiger partial charge on any atom is -0.363 e. The second-order valence-corrected chi connectivity index (χ2v) is 5.96. The van der Waals surface area contributed by atoms with E-state index in [0.717, 1.165) is 12.1 Å². The Morgan fingerprint density at radius 2 is 1.96 bits per heavy atom. The number of alkyl halides is 3. The number of anilines is 1. The maximum atomic E-state index is 12.8. The van der Waals surface area contributed by atoms with Crippen LogP contribution in [0.4, 0.5) is 24.5 Å². The number of nitro benzene ring substituents is 1. The summed E-state index contributed by atoms with van der Waals surface area (Å²) < 4.78 is 43.5. The van der Waals surface area contributed by atoms with E-state index in [4.69, 9.17) is 4.52 Å². The smallest absolute Gasteiger partial charge is 0.363 e. The Morgan fingerprint density at radius 3 is 2.50 bits per heavy atom. The van der Waals surface area contributed by atoms with Crippen LogP contribution in [0.2, 0.25) is 0 Å². The number of rotatable bonds is 4. The highest BCUT2D eigenvalue weighted by molar-refractivity contribution is 5.65. The molecule has 0 saturated carbocycles. The van der Waals surface area contributed by atoms with Gasteiger partial charge in [0.2, 0.25) is 5.89 Å². The van der Waals surface area contributed by atoms with E-state index in [9.17, 15) is 23.3 Å². The maximum absolute atomic E-state index is 12.8. The molecule has 1 saturated heterocycles. The Labute approximate surface area is 146 Å². The van der Waals surface area contributed by atoms with Gasteiger partial charge in [0, 0.05) is 32.2 Å². The Bertz CT molecular complexity index is 800. The summed E-state index contributed by atoms with van der Waals surface area (Å²) in [6.07, 6.45) is -4.62. The third-order valence-electron chi connectivity index (χ3n) is 4.14. The zero-order chi connectivity index (χ0) is 18.9. The van der Waals surface area contributed by atoms with Crippen molar-refractivity contribution in [2.75, 3.05) is 31.1 Å². The Balaban J connectivity index is 1.71. The first-order valence-corrected chi connectivity index (χ1v) is 7.86. The first-order valence-electron chi connectivity index (χ1n) is 7.86. The highest BCUT2D eigenvalue weighted by Gasteiger charge is 2.34. The first kappa shape index (κ1) is 18.1. The van der Waals surface area contributed by atoms with E-state index >= 15 is 0 Å². The number of benzene rings is 1. The van der Waals surface area contributed by atoms with Crippen molar-refractivity contribution in [3.05, 3.63) is 45.6 Å². The number of hydrogen-bond acceptors (Lipinski definition) is 7. The summed E-state index contributed by atoms with van der Waals surface area (Å²) in [5, 5.41) is 14.9. The number of aromatic nitrogens is 2. The molecule has 0 radical (unpaired) electrons. The van der Waals surface area contributed by atoms with E-state index in [2.05, 4.69) is 10.1 Å². The lowest BCUT2D eigenvalue weighted by Gasteiger charge is -2.35. The third-order valence-corrected chi connectivity index (χ3v) is 4.14. The topological polar surface area (TPSA) is 88.5 Å². The van der Waals surface area contributed by atoms with Gasteiger partial charge in [-0.15, -0.1) is 0 Å². The Kier molecular flexibility index (Phi) is 4.81. The molecule has 2 heterocycles. The first-order chi connectivity index (χ1) is 12.2. The number of nitrogens with zero attached hydrogens (tertiary/aromatic N) is 5. The van der Waals surface area contributed by atoms with Crippen LogP contribution in [0.1, 0.15) is 17.3 Å². The van der Waals surface area contributed by atoms with Gasteiger partial charge in [-0.2, -0.15) is 18.2 Å². The Hall–Kier alpha value is -2.69. The molecule has 26 heavy (non-hydrogen) atoms. The largest absolute Gasteiger partial charge is 0.416 e. The molecule has 1 fully saturated rings. The van der Waals surface area contributed by atoms with Gasteiger partial charge in [-0.25, -0.2) is 0 Å². The molecule has 0 amide bonds. The molecule has 0 spiro atoms. The van der Waals surface area contributed by atoms with Crippen LogP contribution in [0, 0.1) is 17.0 Å². The average Bonchev–Trinajstić information content (AvgIpc) is 2.99. The SMILES string of the molecule is Cc1noc(CN2CCN(c3ccc(C(F)(F)F)cc3[N+](=O)[O-])CC2)n1. The standard InChI is InChI=1S/C15H16F3N5O3/c1-10-19-14(26-20-10)9-21-4-6-22(7-5-21)12-3-2-11(15(16,17)18)8-13(12)23(24)25/h2-3,8H,4-7,9H2,1H3. The molecule has 0 bridgehead atoms. The van der Waals surface area contributed by atoms with Crippen LogP contribution in [-0.4, -0.2) is 46.1 Å². The van der Waals surface area contributed by atoms with Gasteiger partial charge in [-0.3, -0.25) is 15.0 Å². The minimum atomic E-state index is -4.62. The van der Waals surface area contributed by atoms with Crippen molar-refractivity contribution in [3.63, 3.8) is 0 Å². The van der Waals surface area contributed by atoms with Crippen molar-refractivity contribution in [2.45, 2.75) is 19.6 Å². The fraction of sp³-hybridized carbons (Fsp3) is 0.467. The molecule has 8 nitrogen and oxygen atoms in total. The molecule has 1 aliphatic heterocycles. The van der Waals surface area contributed by atoms with Gasteiger partial charge in [-0.05, 0) is 19.1 Å². The van der Waals surface area contributed by atoms with Crippen molar-refractivity contribution < 1.29 is 22.6 Å². The van der Waals surface area contributed by atoms with Crippen molar-refractivity contribution in [1.82, 2.24) is 15.0 Å². The lowest BCUT2D eigenvalue weighted by atomic mass is 10.1. The van der Waals surface area contributed by atoms with E-state index in [1.165, 1.54) is 0 Å². The summed E-state index contributed by atoms with van der Waals surface area (Å²) in [7, 11) is 0. The van der Waals surface area contributed by atoms with E-state index < -0.39 is 22.4 Å². The summed E-state index contributed by atoms with van der Waals surface area (Å²) in [5.41, 5.74) is -1.38. The molecule has 2 aromatic rings. The second-order valence-electron chi connectivity index (χ2n) is 5.96. The van der Waals surface area contributed by atoms with Crippen LogP contribution in [0.5, 0.6) is 0 Å². The quantitative estimate of drug-likeness (QED) is 0.603. The van der Waals surface area contributed by atoms with Gasteiger partial charge in [0.05, 0.1) is 17.0 Å². The zero-order valence-electron chi connectivity index (χ0n) is 13.9. The number of hydrogen-bond donors (Lipinski definition) is 0. The molecule has 0 atom stereocenters. The van der Waals surface area contributed by atoms with E-state index in [1.54, 1.807) is 11.8 Å². The predicted molar refractivity (Wildman–Crippen MR) is 84.6 cm³/mol. The van der Waals surface area contributed by atoms with Gasteiger partial charge < -0.3 is 9.42 Å². The molecular weight excluding hydrogens is 355 g/mol. The van der Waals surface area contributed by atoms with Crippen LogP contribution in [0.25, 0.3) is 0 Å². The normalized spacial score (nSPS) is 16.1. The molecule has 11 heteroatoms. The van der Waals surface area contributed by atoms with E-state index in [-0.39, 0.29) is 5.69 Å². The summed E-state index contributed by atoms with van der Waals surface area (Å²) in [6, 6.07) is 2.62. The molecule has 0 aliphatic carbocycles. The molecule has 1 aromatic carbocycles. The van der Waals surface area contributed by atoms with Crippen LogP contribution in [-0.2, 0) is 12.7 Å². The highest BCUT2D eigenvalue weighted by atomic mass is 19.4. The molecule has 3 rings (SSSR count). The monoisotopic (exact) mass is 371 g/mol. The van der Waals surface area contributed by atoms with Gasteiger partial charge in [0.25, 0.3) is 5.69 Å². The van der Waals surface area contributed by atoms with Crippen molar-refractivity contribution in [1.29, 1.82) is 0 Å². The molecule has 1 aromatic heterocycles. The van der Waals surface area contributed by atoms with Gasteiger partial charge in [-0.1, -0.05) is 5.16 Å². The van der Waals surface area contributed by atoms with Crippen molar-refractivity contribution >= 4 is 11.4 Å². The van der Waals surface area contributed by atoms with Gasteiger partial charge in [0.15, 0.2) is 5.82 Å².